The first-order valence-electron chi connectivity index (χ1n) is 7.25. The normalized spacial score (nSPS) is 22.0. The summed E-state index contributed by atoms with van der Waals surface area (Å²) in [4.78, 5) is 0.193. The molecule has 1 aromatic rings. The van der Waals surface area contributed by atoms with E-state index in [1.165, 1.54) is 0 Å². The Balaban J connectivity index is 1.91. The average Bonchev–Trinajstić information content (AvgIpc) is 2.74. The van der Waals surface area contributed by atoms with E-state index in [2.05, 4.69) is 5.32 Å². The minimum absolute atomic E-state index is 0.0390. The van der Waals surface area contributed by atoms with E-state index in [4.69, 9.17) is 5.26 Å². The van der Waals surface area contributed by atoms with Crippen molar-refractivity contribution in [1.29, 1.82) is 5.26 Å². The van der Waals surface area contributed by atoms with Gasteiger partial charge in [0.25, 0.3) is 0 Å². The first-order valence-corrected chi connectivity index (χ1v) is 10.6. The summed E-state index contributed by atoms with van der Waals surface area (Å²) < 4.78 is 47.7. The Hall–Kier alpha value is -1.85. The second-order valence-corrected chi connectivity index (χ2v) is 9.81. The fourth-order valence-electron chi connectivity index (χ4n) is 3.00. The number of nitrogens with zero attached hydrogens (tertiary/aromatic N) is 1. The lowest BCUT2D eigenvalue weighted by Gasteiger charge is -2.25. The number of nitrogens with one attached hydrogen (secondary N) is 1. The van der Waals surface area contributed by atoms with Gasteiger partial charge in [-0.3, -0.25) is 0 Å². The molecule has 0 bridgehead atoms. The highest BCUT2D eigenvalue weighted by molar-refractivity contribution is 7.95. The van der Waals surface area contributed by atoms with Crippen LogP contribution < -0.4 is 5.32 Å². The molecule has 0 aliphatic carbocycles. The molecule has 8 heteroatoms. The van der Waals surface area contributed by atoms with Gasteiger partial charge in [0.2, 0.25) is 9.84 Å². The SMILES string of the molecule is N#CCC1=CS(=O)(=O)c2c(NC3CCS(=O)(=O)CC3)cccc21. The molecule has 2 aliphatic heterocycles. The lowest BCUT2D eigenvalue weighted by molar-refractivity contribution is 0.559. The van der Waals surface area contributed by atoms with Gasteiger partial charge in [0.05, 0.1) is 29.7 Å². The van der Waals surface area contributed by atoms with Crippen LogP contribution in [0.15, 0.2) is 28.5 Å². The molecule has 1 N–H and O–H groups in total. The molecule has 6 nitrogen and oxygen atoms in total. The van der Waals surface area contributed by atoms with Crippen LogP contribution in [0.4, 0.5) is 5.69 Å². The van der Waals surface area contributed by atoms with E-state index < -0.39 is 19.7 Å². The minimum atomic E-state index is -3.58. The molecule has 3 rings (SSSR count). The molecule has 122 valence electrons. The molecule has 2 aliphatic rings. The van der Waals surface area contributed by atoms with Crippen molar-refractivity contribution in [2.45, 2.75) is 30.2 Å². The quantitative estimate of drug-likeness (QED) is 0.888. The number of allylic oxidation sites excluding steroid dienone is 1. The average molecular weight is 352 g/mol. The number of nitriles is 1. The van der Waals surface area contributed by atoms with Crippen LogP contribution in [0.3, 0.4) is 0 Å². The number of hydrogen-bond donors (Lipinski definition) is 1. The lowest BCUT2D eigenvalue weighted by Crippen LogP contribution is -2.32. The maximum absolute atomic E-state index is 12.4. The molecule has 23 heavy (non-hydrogen) atoms. The Labute approximate surface area is 135 Å². The third-order valence-electron chi connectivity index (χ3n) is 4.13. The highest BCUT2D eigenvalue weighted by atomic mass is 32.2. The van der Waals surface area contributed by atoms with Gasteiger partial charge in [0.1, 0.15) is 14.7 Å². The molecule has 0 amide bonds. The molecular formula is C15H16N2O4S2. The molecule has 0 atom stereocenters. The second-order valence-electron chi connectivity index (χ2n) is 5.78. The van der Waals surface area contributed by atoms with Crippen molar-refractivity contribution in [2.24, 2.45) is 0 Å². The Morgan fingerprint density at radius 1 is 1.17 bits per heavy atom. The first-order chi connectivity index (χ1) is 10.8. The molecule has 0 unspecified atom stereocenters. The van der Waals surface area contributed by atoms with Crippen LogP contribution in [0.2, 0.25) is 0 Å². The zero-order valence-electron chi connectivity index (χ0n) is 12.3. The molecule has 0 aromatic heterocycles. The zero-order chi connectivity index (χ0) is 16.7. The Kier molecular flexibility index (Phi) is 3.94. The second kappa shape index (κ2) is 5.65. The van der Waals surface area contributed by atoms with Gasteiger partial charge in [0, 0.05) is 17.0 Å². The van der Waals surface area contributed by atoms with E-state index in [1.54, 1.807) is 18.2 Å². The lowest BCUT2D eigenvalue weighted by atomic mass is 10.0. The van der Waals surface area contributed by atoms with Crippen molar-refractivity contribution in [1.82, 2.24) is 0 Å². The summed E-state index contributed by atoms with van der Waals surface area (Å²) in [5.74, 6) is 0.231. The summed E-state index contributed by atoms with van der Waals surface area (Å²) in [7, 11) is -6.54. The van der Waals surface area contributed by atoms with Crippen molar-refractivity contribution in [3.8, 4) is 6.07 Å². The monoisotopic (exact) mass is 352 g/mol. The number of fused-ring (bicyclic) bond motifs is 1. The van der Waals surface area contributed by atoms with E-state index in [1.807, 2.05) is 6.07 Å². The third-order valence-corrected chi connectivity index (χ3v) is 7.45. The fourth-order valence-corrected chi connectivity index (χ4v) is 6.13. The number of anilines is 1. The van der Waals surface area contributed by atoms with Crippen molar-refractivity contribution >= 4 is 30.9 Å². The van der Waals surface area contributed by atoms with E-state index >= 15 is 0 Å². The molecular weight excluding hydrogens is 336 g/mol. The van der Waals surface area contributed by atoms with Gasteiger partial charge in [-0.1, -0.05) is 12.1 Å². The summed E-state index contributed by atoms with van der Waals surface area (Å²) in [6, 6.07) is 7.03. The Morgan fingerprint density at radius 2 is 1.87 bits per heavy atom. The van der Waals surface area contributed by atoms with Gasteiger partial charge >= 0.3 is 0 Å². The molecule has 1 saturated heterocycles. The standard InChI is InChI=1S/C15H16N2O4S2/c16-7-4-11-10-23(20,21)15-13(11)2-1-3-14(15)17-12-5-8-22(18,19)9-6-12/h1-3,10,12,17H,4-6,8-9H2. The summed E-state index contributed by atoms with van der Waals surface area (Å²) in [6.45, 7) is 0. The summed E-state index contributed by atoms with van der Waals surface area (Å²) in [5.41, 5.74) is 1.54. The molecule has 1 aromatic carbocycles. The van der Waals surface area contributed by atoms with Crippen LogP contribution in [0, 0.1) is 11.3 Å². The third kappa shape index (κ3) is 3.12. The molecule has 0 radical (unpaired) electrons. The Bertz CT molecular complexity index is 911. The van der Waals surface area contributed by atoms with Crippen LogP contribution in [-0.2, 0) is 19.7 Å². The number of sulfone groups is 2. The zero-order valence-corrected chi connectivity index (χ0v) is 14.0. The number of benzene rings is 1. The number of hydrogen-bond acceptors (Lipinski definition) is 6. The van der Waals surface area contributed by atoms with Crippen molar-refractivity contribution < 1.29 is 16.8 Å². The molecule has 1 fully saturated rings. The van der Waals surface area contributed by atoms with Crippen LogP contribution in [0.1, 0.15) is 24.8 Å². The summed E-state index contributed by atoms with van der Waals surface area (Å²) in [5, 5.41) is 13.2. The van der Waals surface area contributed by atoms with Crippen molar-refractivity contribution in [2.75, 3.05) is 16.8 Å². The topological polar surface area (TPSA) is 104 Å². The van der Waals surface area contributed by atoms with E-state index in [9.17, 15) is 16.8 Å². The molecule has 0 spiro atoms. The van der Waals surface area contributed by atoms with Crippen molar-refractivity contribution in [3.05, 3.63) is 29.2 Å². The van der Waals surface area contributed by atoms with Crippen LogP contribution in [0.5, 0.6) is 0 Å². The minimum Gasteiger partial charge on any atom is -0.381 e. The highest BCUT2D eigenvalue weighted by Crippen LogP contribution is 2.40. The maximum Gasteiger partial charge on any atom is 0.202 e. The van der Waals surface area contributed by atoms with Gasteiger partial charge in [-0.25, -0.2) is 16.8 Å². The highest BCUT2D eigenvalue weighted by Gasteiger charge is 2.31. The predicted molar refractivity (Wildman–Crippen MR) is 87.1 cm³/mol. The maximum atomic E-state index is 12.4. The largest absolute Gasteiger partial charge is 0.381 e. The Morgan fingerprint density at radius 3 is 2.52 bits per heavy atom. The predicted octanol–water partition coefficient (Wildman–Crippen LogP) is 1.72. The summed E-state index contributed by atoms with van der Waals surface area (Å²) in [6.07, 6.45) is 0.965. The van der Waals surface area contributed by atoms with Gasteiger partial charge in [-0.2, -0.15) is 5.26 Å². The molecule has 0 saturated carbocycles. The van der Waals surface area contributed by atoms with E-state index in [-0.39, 0.29) is 28.9 Å². The number of rotatable bonds is 3. The smallest absolute Gasteiger partial charge is 0.202 e. The van der Waals surface area contributed by atoms with Gasteiger partial charge in [-0.15, -0.1) is 0 Å². The fraction of sp³-hybridized carbons (Fsp3) is 0.400. The van der Waals surface area contributed by atoms with E-state index in [0.717, 1.165) is 5.41 Å². The van der Waals surface area contributed by atoms with E-state index in [0.29, 0.717) is 29.7 Å². The van der Waals surface area contributed by atoms with Crippen LogP contribution in [0.25, 0.3) is 5.57 Å². The molecule has 2 heterocycles. The van der Waals surface area contributed by atoms with Crippen LogP contribution in [-0.4, -0.2) is 34.4 Å². The van der Waals surface area contributed by atoms with Crippen LogP contribution >= 0.6 is 0 Å². The van der Waals surface area contributed by atoms with Crippen molar-refractivity contribution in [3.63, 3.8) is 0 Å². The van der Waals surface area contributed by atoms with Gasteiger partial charge in [0.15, 0.2) is 0 Å². The first kappa shape index (κ1) is 16.0. The summed E-state index contributed by atoms with van der Waals surface area (Å²) >= 11 is 0. The van der Waals surface area contributed by atoms with Gasteiger partial charge < -0.3 is 5.32 Å². The van der Waals surface area contributed by atoms with Gasteiger partial charge in [-0.05, 0) is 24.5 Å².